The Morgan fingerprint density at radius 3 is 3.09 bits per heavy atom. The van der Waals surface area contributed by atoms with E-state index in [1.165, 1.54) is 25.7 Å². The summed E-state index contributed by atoms with van der Waals surface area (Å²) in [6, 6.07) is 0. The maximum atomic E-state index is 2.53. The molecule has 3 rings (SSSR count). The van der Waals surface area contributed by atoms with Crippen LogP contribution in [0.3, 0.4) is 0 Å². The second kappa shape index (κ2) is 1.73. The Labute approximate surface area is 68.7 Å². The molecule has 0 aliphatic heterocycles. The summed E-state index contributed by atoms with van der Waals surface area (Å²) in [6.07, 6.45) is 11.0. The summed E-state index contributed by atoms with van der Waals surface area (Å²) in [5, 5.41) is 0. The molecule has 4 unspecified atom stereocenters. The van der Waals surface area contributed by atoms with E-state index in [0.717, 1.165) is 23.2 Å². The summed E-state index contributed by atoms with van der Waals surface area (Å²) in [5.41, 5.74) is 0.736. The molecule has 0 heterocycles. The molecule has 0 saturated heterocycles. The van der Waals surface area contributed by atoms with Crippen LogP contribution in [0, 0.1) is 23.2 Å². The standard InChI is InChI=1S/C11H16/c1-11-6-2-3-10(11)8-4-5-9(11)7-8/h4-5,8-10H,2-3,6-7H2,1H3. The van der Waals surface area contributed by atoms with E-state index in [2.05, 4.69) is 19.1 Å². The van der Waals surface area contributed by atoms with Gasteiger partial charge in [0.25, 0.3) is 0 Å². The summed E-state index contributed by atoms with van der Waals surface area (Å²) in [7, 11) is 0. The van der Waals surface area contributed by atoms with Crippen LogP contribution in [0.2, 0.25) is 0 Å². The van der Waals surface area contributed by atoms with Gasteiger partial charge >= 0.3 is 0 Å². The first-order chi connectivity index (χ1) is 5.31. The molecule has 0 N–H and O–H groups in total. The van der Waals surface area contributed by atoms with Crippen molar-refractivity contribution in [2.45, 2.75) is 32.6 Å². The van der Waals surface area contributed by atoms with Gasteiger partial charge in [0.05, 0.1) is 0 Å². The lowest BCUT2D eigenvalue weighted by atomic mass is 9.72. The number of hydrogen-bond donors (Lipinski definition) is 0. The van der Waals surface area contributed by atoms with E-state index in [9.17, 15) is 0 Å². The third kappa shape index (κ3) is 0.579. The molecule has 4 atom stereocenters. The Hall–Kier alpha value is -0.260. The quantitative estimate of drug-likeness (QED) is 0.463. The van der Waals surface area contributed by atoms with Crippen LogP contribution in [-0.2, 0) is 0 Å². The zero-order chi connectivity index (χ0) is 7.47. The Bertz CT molecular complexity index is 216. The van der Waals surface area contributed by atoms with Gasteiger partial charge in [0.15, 0.2) is 0 Å². The molecule has 60 valence electrons. The van der Waals surface area contributed by atoms with Gasteiger partial charge in [-0.3, -0.25) is 0 Å². The first-order valence-corrected chi connectivity index (χ1v) is 4.99. The van der Waals surface area contributed by atoms with Gasteiger partial charge in [-0.2, -0.15) is 0 Å². The summed E-state index contributed by atoms with van der Waals surface area (Å²) >= 11 is 0. The van der Waals surface area contributed by atoms with Crippen LogP contribution in [0.4, 0.5) is 0 Å². The zero-order valence-electron chi connectivity index (χ0n) is 7.22. The Balaban J connectivity index is 2.06. The lowest BCUT2D eigenvalue weighted by molar-refractivity contribution is 0.206. The van der Waals surface area contributed by atoms with Crippen molar-refractivity contribution < 1.29 is 0 Å². The van der Waals surface area contributed by atoms with Crippen LogP contribution in [0.15, 0.2) is 12.2 Å². The summed E-state index contributed by atoms with van der Waals surface area (Å²) in [6.45, 7) is 2.53. The monoisotopic (exact) mass is 148 g/mol. The smallest absolute Gasteiger partial charge is 0.0171 e. The third-order valence-corrected chi connectivity index (χ3v) is 4.56. The maximum absolute atomic E-state index is 2.53. The van der Waals surface area contributed by atoms with Crippen LogP contribution in [-0.4, -0.2) is 0 Å². The van der Waals surface area contributed by atoms with E-state index in [4.69, 9.17) is 0 Å². The normalized spacial score (nSPS) is 58.8. The van der Waals surface area contributed by atoms with E-state index >= 15 is 0 Å². The van der Waals surface area contributed by atoms with Crippen LogP contribution in [0.25, 0.3) is 0 Å². The van der Waals surface area contributed by atoms with Gasteiger partial charge in [-0.15, -0.1) is 0 Å². The fraction of sp³-hybridized carbons (Fsp3) is 0.818. The molecule has 3 aliphatic carbocycles. The predicted octanol–water partition coefficient (Wildman–Crippen LogP) is 3.00. The first kappa shape index (κ1) is 6.28. The predicted molar refractivity (Wildman–Crippen MR) is 46.2 cm³/mol. The van der Waals surface area contributed by atoms with Gasteiger partial charge in [0, 0.05) is 0 Å². The van der Waals surface area contributed by atoms with Crippen molar-refractivity contribution >= 4 is 0 Å². The average Bonchev–Trinajstić information content (AvgIpc) is 2.54. The van der Waals surface area contributed by atoms with Crippen LogP contribution >= 0.6 is 0 Å². The van der Waals surface area contributed by atoms with Crippen molar-refractivity contribution in [3.05, 3.63) is 12.2 Å². The molecule has 0 aromatic heterocycles. The van der Waals surface area contributed by atoms with E-state index in [0.29, 0.717) is 0 Å². The summed E-state index contributed by atoms with van der Waals surface area (Å²) < 4.78 is 0. The molecule has 11 heavy (non-hydrogen) atoms. The van der Waals surface area contributed by atoms with Crippen molar-refractivity contribution in [2.75, 3.05) is 0 Å². The highest BCUT2D eigenvalue weighted by Crippen LogP contribution is 2.63. The third-order valence-electron chi connectivity index (χ3n) is 4.56. The van der Waals surface area contributed by atoms with E-state index in [1.54, 1.807) is 0 Å². The van der Waals surface area contributed by atoms with Gasteiger partial charge in [0.2, 0.25) is 0 Å². The molecule has 2 fully saturated rings. The minimum absolute atomic E-state index is 0.736. The highest BCUT2D eigenvalue weighted by atomic mass is 14.6. The highest BCUT2D eigenvalue weighted by molar-refractivity contribution is 5.19. The maximum Gasteiger partial charge on any atom is -0.0171 e. The van der Waals surface area contributed by atoms with Gasteiger partial charge in [0.1, 0.15) is 0 Å². The minimum atomic E-state index is 0.736. The summed E-state index contributed by atoms with van der Waals surface area (Å²) in [5.74, 6) is 3.00. The molecule has 0 radical (unpaired) electrons. The lowest BCUT2D eigenvalue weighted by Gasteiger charge is -2.32. The van der Waals surface area contributed by atoms with Crippen molar-refractivity contribution in [3.8, 4) is 0 Å². The molecule has 2 saturated carbocycles. The van der Waals surface area contributed by atoms with Crippen LogP contribution < -0.4 is 0 Å². The van der Waals surface area contributed by atoms with E-state index in [1.807, 2.05) is 0 Å². The largest absolute Gasteiger partial charge is 0.0848 e. The SMILES string of the molecule is CC12CCCC1C1C=CC2C1. The second-order valence-electron chi connectivity index (χ2n) is 4.90. The molecule has 0 spiro atoms. The molecule has 0 aromatic carbocycles. The Kier molecular flexibility index (Phi) is 0.987. The second-order valence-corrected chi connectivity index (χ2v) is 4.90. The van der Waals surface area contributed by atoms with Gasteiger partial charge in [-0.05, 0) is 42.4 Å². The molecule has 0 aromatic rings. The molecular weight excluding hydrogens is 132 g/mol. The fourth-order valence-electron chi connectivity index (χ4n) is 3.90. The first-order valence-electron chi connectivity index (χ1n) is 4.99. The Morgan fingerprint density at radius 1 is 1.36 bits per heavy atom. The van der Waals surface area contributed by atoms with Gasteiger partial charge in [-0.1, -0.05) is 25.5 Å². The van der Waals surface area contributed by atoms with Crippen LogP contribution in [0.5, 0.6) is 0 Å². The Morgan fingerprint density at radius 2 is 2.27 bits per heavy atom. The molecule has 0 nitrogen and oxygen atoms in total. The van der Waals surface area contributed by atoms with Crippen molar-refractivity contribution in [2.24, 2.45) is 23.2 Å². The molecule has 0 heteroatoms. The van der Waals surface area contributed by atoms with Crippen molar-refractivity contribution in [3.63, 3.8) is 0 Å². The zero-order valence-corrected chi connectivity index (χ0v) is 7.22. The highest BCUT2D eigenvalue weighted by Gasteiger charge is 2.54. The molecular formula is C11H16. The van der Waals surface area contributed by atoms with Crippen LogP contribution in [0.1, 0.15) is 32.6 Å². The van der Waals surface area contributed by atoms with E-state index < -0.39 is 0 Å². The number of fused-ring (bicyclic) bond motifs is 5. The number of hydrogen-bond acceptors (Lipinski definition) is 0. The fourth-order valence-corrected chi connectivity index (χ4v) is 3.90. The van der Waals surface area contributed by atoms with Gasteiger partial charge < -0.3 is 0 Å². The molecule has 0 amide bonds. The molecule has 2 bridgehead atoms. The van der Waals surface area contributed by atoms with Crippen molar-refractivity contribution in [1.29, 1.82) is 0 Å². The summed E-state index contributed by atoms with van der Waals surface area (Å²) in [4.78, 5) is 0. The lowest BCUT2D eigenvalue weighted by Crippen LogP contribution is -2.25. The number of rotatable bonds is 0. The topological polar surface area (TPSA) is 0 Å². The average molecular weight is 148 g/mol. The van der Waals surface area contributed by atoms with Crippen molar-refractivity contribution in [1.82, 2.24) is 0 Å². The molecule has 3 aliphatic rings. The number of allylic oxidation sites excluding steroid dienone is 2. The van der Waals surface area contributed by atoms with E-state index in [-0.39, 0.29) is 0 Å². The van der Waals surface area contributed by atoms with Gasteiger partial charge in [-0.25, -0.2) is 0 Å². The minimum Gasteiger partial charge on any atom is -0.0848 e.